The minimum Gasteiger partial charge on any atom is -0.481 e. The highest BCUT2D eigenvalue weighted by Crippen LogP contribution is 2.24. The highest BCUT2D eigenvalue weighted by Gasteiger charge is 2.33. The van der Waals surface area contributed by atoms with E-state index in [9.17, 15) is 9.59 Å². The topological polar surface area (TPSA) is 54.4 Å². The lowest BCUT2D eigenvalue weighted by atomic mass is 9.81. The molecule has 19 heavy (non-hydrogen) atoms. The van der Waals surface area contributed by atoms with E-state index in [0.29, 0.717) is 6.42 Å². The summed E-state index contributed by atoms with van der Waals surface area (Å²) in [6.45, 7) is 7.55. The Balaban J connectivity index is 3.98. The number of aliphatic carboxylic acids is 1. The van der Waals surface area contributed by atoms with Gasteiger partial charge in [0.05, 0.1) is 0 Å². The van der Waals surface area contributed by atoms with Crippen molar-refractivity contribution in [1.82, 2.24) is 0 Å². The molecular formula is C16H30O3. The number of ketones is 1. The molecule has 0 heterocycles. The molecular weight excluding hydrogens is 240 g/mol. The standard InChI is InChI=1S/C16H30O3/c1-5-6-7-8-9-10-11-12-13(15(18)19)14(17)16(2,3)4/h13H,5-12H2,1-4H3,(H,18,19). The predicted octanol–water partition coefficient (Wildman–Crippen LogP) is 4.44. The van der Waals surface area contributed by atoms with Crippen LogP contribution in [0.5, 0.6) is 0 Å². The van der Waals surface area contributed by atoms with Crippen molar-refractivity contribution < 1.29 is 14.7 Å². The maximum atomic E-state index is 12.0. The Morgan fingerprint density at radius 2 is 1.42 bits per heavy atom. The summed E-state index contributed by atoms with van der Waals surface area (Å²) in [7, 11) is 0. The maximum absolute atomic E-state index is 12.0. The van der Waals surface area contributed by atoms with E-state index >= 15 is 0 Å². The predicted molar refractivity (Wildman–Crippen MR) is 78.2 cm³/mol. The van der Waals surface area contributed by atoms with Crippen LogP contribution in [-0.4, -0.2) is 16.9 Å². The van der Waals surface area contributed by atoms with Gasteiger partial charge in [-0.1, -0.05) is 72.6 Å². The third-order valence-electron chi connectivity index (χ3n) is 3.45. The summed E-state index contributed by atoms with van der Waals surface area (Å²) in [6, 6.07) is 0. The third kappa shape index (κ3) is 8.02. The van der Waals surface area contributed by atoms with Crippen molar-refractivity contribution >= 4 is 11.8 Å². The Labute approximate surface area is 117 Å². The molecule has 0 saturated carbocycles. The van der Waals surface area contributed by atoms with Crippen molar-refractivity contribution in [3.8, 4) is 0 Å². The Morgan fingerprint density at radius 1 is 0.947 bits per heavy atom. The SMILES string of the molecule is CCCCCCCCCC(C(=O)O)C(=O)C(C)(C)C. The number of carboxylic acids is 1. The van der Waals surface area contributed by atoms with Crippen LogP contribution in [0.3, 0.4) is 0 Å². The van der Waals surface area contributed by atoms with Crippen LogP contribution in [0.2, 0.25) is 0 Å². The molecule has 0 spiro atoms. The molecule has 0 saturated heterocycles. The third-order valence-corrected chi connectivity index (χ3v) is 3.45. The van der Waals surface area contributed by atoms with Gasteiger partial charge >= 0.3 is 5.97 Å². The summed E-state index contributed by atoms with van der Waals surface area (Å²) < 4.78 is 0. The van der Waals surface area contributed by atoms with Crippen LogP contribution in [0, 0.1) is 11.3 Å². The number of carbonyl (C=O) groups excluding carboxylic acids is 1. The monoisotopic (exact) mass is 270 g/mol. The molecule has 0 aromatic rings. The Bertz CT molecular complexity index is 276. The fourth-order valence-corrected chi connectivity index (χ4v) is 2.19. The zero-order valence-corrected chi connectivity index (χ0v) is 13.0. The summed E-state index contributed by atoms with van der Waals surface area (Å²) >= 11 is 0. The molecule has 1 N–H and O–H groups in total. The first kappa shape index (κ1) is 18.1. The number of unbranched alkanes of at least 4 members (excludes halogenated alkanes) is 6. The van der Waals surface area contributed by atoms with Gasteiger partial charge in [0.1, 0.15) is 5.92 Å². The quantitative estimate of drug-likeness (QED) is 0.471. The molecule has 0 rings (SSSR count). The van der Waals surface area contributed by atoms with Crippen molar-refractivity contribution in [2.24, 2.45) is 11.3 Å². The van der Waals surface area contributed by atoms with E-state index in [2.05, 4.69) is 6.92 Å². The van der Waals surface area contributed by atoms with Gasteiger partial charge in [0.25, 0.3) is 0 Å². The minimum absolute atomic E-state index is 0.147. The van der Waals surface area contributed by atoms with Gasteiger partial charge in [-0.05, 0) is 6.42 Å². The smallest absolute Gasteiger partial charge is 0.314 e. The van der Waals surface area contributed by atoms with Crippen LogP contribution in [0.15, 0.2) is 0 Å². The summed E-state index contributed by atoms with van der Waals surface area (Å²) in [5, 5.41) is 9.16. The summed E-state index contributed by atoms with van der Waals surface area (Å²) in [4.78, 5) is 23.2. The zero-order chi connectivity index (χ0) is 14.9. The van der Waals surface area contributed by atoms with Gasteiger partial charge < -0.3 is 5.11 Å². The van der Waals surface area contributed by atoms with Crippen LogP contribution in [-0.2, 0) is 9.59 Å². The number of Topliss-reactive ketones (excluding diaryl/α,β-unsaturated/α-hetero) is 1. The van der Waals surface area contributed by atoms with E-state index in [0.717, 1.165) is 19.3 Å². The molecule has 112 valence electrons. The first-order chi connectivity index (χ1) is 8.80. The molecule has 0 aliphatic carbocycles. The molecule has 0 aliphatic rings. The van der Waals surface area contributed by atoms with Gasteiger partial charge in [-0.25, -0.2) is 0 Å². The molecule has 0 fully saturated rings. The molecule has 3 heteroatoms. The average Bonchev–Trinajstić information content (AvgIpc) is 2.30. The van der Waals surface area contributed by atoms with Gasteiger partial charge in [-0.3, -0.25) is 9.59 Å². The van der Waals surface area contributed by atoms with E-state index in [1.807, 2.05) is 0 Å². The fraction of sp³-hybridized carbons (Fsp3) is 0.875. The van der Waals surface area contributed by atoms with Crippen molar-refractivity contribution in [2.45, 2.75) is 79.1 Å². The molecule has 3 nitrogen and oxygen atoms in total. The summed E-state index contributed by atoms with van der Waals surface area (Å²) in [6.07, 6.45) is 8.51. The van der Waals surface area contributed by atoms with Gasteiger partial charge in [-0.2, -0.15) is 0 Å². The van der Waals surface area contributed by atoms with E-state index in [-0.39, 0.29) is 5.78 Å². The lowest BCUT2D eigenvalue weighted by molar-refractivity contribution is -0.149. The van der Waals surface area contributed by atoms with Crippen molar-refractivity contribution in [1.29, 1.82) is 0 Å². The molecule has 0 amide bonds. The van der Waals surface area contributed by atoms with Crippen molar-refractivity contribution in [3.63, 3.8) is 0 Å². The van der Waals surface area contributed by atoms with Crippen molar-refractivity contribution in [3.05, 3.63) is 0 Å². The van der Waals surface area contributed by atoms with Gasteiger partial charge in [-0.15, -0.1) is 0 Å². The molecule has 1 unspecified atom stereocenters. The Morgan fingerprint density at radius 3 is 1.84 bits per heavy atom. The van der Waals surface area contributed by atoms with Crippen LogP contribution in [0.4, 0.5) is 0 Å². The second-order valence-corrected chi connectivity index (χ2v) is 6.42. The molecule has 0 bridgehead atoms. The Kier molecular flexibility index (Phi) is 8.70. The van der Waals surface area contributed by atoms with Gasteiger partial charge in [0, 0.05) is 5.41 Å². The van der Waals surface area contributed by atoms with E-state index in [1.54, 1.807) is 20.8 Å². The van der Waals surface area contributed by atoms with Crippen LogP contribution in [0.25, 0.3) is 0 Å². The van der Waals surface area contributed by atoms with E-state index in [1.165, 1.54) is 25.7 Å². The zero-order valence-electron chi connectivity index (χ0n) is 13.0. The molecule has 0 aromatic carbocycles. The second kappa shape index (κ2) is 9.11. The molecule has 1 atom stereocenters. The van der Waals surface area contributed by atoms with Gasteiger partial charge in [0.2, 0.25) is 0 Å². The molecule has 0 radical (unpaired) electrons. The van der Waals surface area contributed by atoms with Crippen molar-refractivity contribution in [2.75, 3.05) is 0 Å². The van der Waals surface area contributed by atoms with Crippen LogP contribution >= 0.6 is 0 Å². The first-order valence-corrected chi connectivity index (χ1v) is 7.57. The highest BCUT2D eigenvalue weighted by molar-refractivity contribution is 6.00. The number of hydrogen-bond acceptors (Lipinski definition) is 2. The first-order valence-electron chi connectivity index (χ1n) is 7.57. The normalized spacial score (nSPS) is 13.3. The van der Waals surface area contributed by atoms with E-state index in [4.69, 9.17) is 5.11 Å². The number of rotatable bonds is 10. The largest absolute Gasteiger partial charge is 0.481 e. The molecule has 0 aliphatic heterocycles. The summed E-state index contributed by atoms with van der Waals surface area (Å²) in [5.41, 5.74) is -0.565. The Hall–Kier alpha value is -0.860. The second-order valence-electron chi connectivity index (χ2n) is 6.42. The lowest BCUT2D eigenvalue weighted by Crippen LogP contribution is -2.33. The number of hydrogen-bond donors (Lipinski definition) is 1. The molecule has 0 aromatic heterocycles. The number of carbonyl (C=O) groups is 2. The lowest BCUT2D eigenvalue weighted by Gasteiger charge is -2.21. The highest BCUT2D eigenvalue weighted by atomic mass is 16.4. The number of carboxylic acid groups (broad SMARTS) is 1. The van der Waals surface area contributed by atoms with Crippen LogP contribution < -0.4 is 0 Å². The fourth-order valence-electron chi connectivity index (χ4n) is 2.19. The summed E-state index contributed by atoms with van der Waals surface area (Å²) in [5.74, 6) is -1.94. The van der Waals surface area contributed by atoms with Crippen LogP contribution in [0.1, 0.15) is 79.1 Å². The van der Waals surface area contributed by atoms with E-state index < -0.39 is 17.3 Å². The average molecular weight is 270 g/mol. The minimum atomic E-state index is -0.967. The van der Waals surface area contributed by atoms with Gasteiger partial charge in [0.15, 0.2) is 5.78 Å². The maximum Gasteiger partial charge on any atom is 0.314 e.